The van der Waals surface area contributed by atoms with Gasteiger partial charge in [-0.2, -0.15) is 0 Å². The van der Waals surface area contributed by atoms with E-state index in [9.17, 15) is 4.79 Å². The van der Waals surface area contributed by atoms with Crippen molar-refractivity contribution in [1.82, 2.24) is 10.9 Å². The number of hydrazine groups is 1. The maximum absolute atomic E-state index is 12.2. The first kappa shape index (κ1) is 17.1. The number of carbonyl (C=O) groups is 1. The SMILES string of the molecule is CCC=C(NNC(=O)c1ccc(Br)cc1)c1ccc(OC)cc1. The second-order valence-corrected chi connectivity index (χ2v) is 5.76. The third-order valence-electron chi connectivity index (χ3n) is 3.23. The zero-order chi connectivity index (χ0) is 16.7. The fourth-order valence-corrected chi connectivity index (χ4v) is 2.28. The minimum atomic E-state index is -0.187. The molecular weight excluding hydrogens is 356 g/mol. The topological polar surface area (TPSA) is 50.4 Å². The third kappa shape index (κ3) is 4.86. The van der Waals surface area contributed by atoms with Gasteiger partial charge in [-0.05, 0) is 60.5 Å². The largest absolute Gasteiger partial charge is 0.497 e. The van der Waals surface area contributed by atoms with Gasteiger partial charge in [0.05, 0.1) is 12.8 Å². The molecule has 0 aliphatic carbocycles. The van der Waals surface area contributed by atoms with Crippen LogP contribution < -0.4 is 15.6 Å². The van der Waals surface area contributed by atoms with Crippen LogP contribution in [0, 0.1) is 0 Å². The maximum Gasteiger partial charge on any atom is 0.269 e. The first-order valence-electron chi connectivity index (χ1n) is 7.30. The molecule has 0 atom stereocenters. The first-order chi connectivity index (χ1) is 11.1. The molecule has 0 heterocycles. The number of hydrogen-bond donors (Lipinski definition) is 2. The summed E-state index contributed by atoms with van der Waals surface area (Å²) in [6.45, 7) is 2.04. The Hall–Kier alpha value is -2.27. The number of ether oxygens (including phenoxy) is 1. The number of hydrogen-bond acceptors (Lipinski definition) is 3. The number of methoxy groups -OCH3 is 1. The van der Waals surface area contributed by atoms with Crippen LogP contribution in [0.4, 0.5) is 0 Å². The van der Waals surface area contributed by atoms with Crippen molar-refractivity contribution in [1.29, 1.82) is 0 Å². The Bertz CT molecular complexity index is 679. The van der Waals surface area contributed by atoms with E-state index in [4.69, 9.17) is 4.74 Å². The Kier molecular flexibility index (Phi) is 6.23. The second kappa shape index (κ2) is 8.39. The van der Waals surface area contributed by atoms with E-state index in [1.807, 2.05) is 49.4 Å². The van der Waals surface area contributed by atoms with E-state index in [1.165, 1.54) is 0 Å². The maximum atomic E-state index is 12.2. The molecule has 0 aliphatic heterocycles. The molecule has 4 nitrogen and oxygen atoms in total. The summed E-state index contributed by atoms with van der Waals surface area (Å²) in [6, 6.07) is 14.9. The van der Waals surface area contributed by atoms with Crippen LogP contribution in [0.5, 0.6) is 5.75 Å². The van der Waals surface area contributed by atoms with Crippen LogP contribution in [-0.2, 0) is 0 Å². The summed E-state index contributed by atoms with van der Waals surface area (Å²) in [5.41, 5.74) is 8.14. The van der Waals surface area contributed by atoms with Crippen molar-refractivity contribution < 1.29 is 9.53 Å². The molecular formula is C18H19BrN2O2. The van der Waals surface area contributed by atoms with E-state index < -0.39 is 0 Å². The van der Waals surface area contributed by atoms with Crippen molar-refractivity contribution in [2.24, 2.45) is 0 Å². The van der Waals surface area contributed by atoms with E-state index in [0.29, 0.717) is 5.56 Å². The highest BCUT2D eigenvalue weighted by Gasteiger charge is 2.07. The fraction of sp³-hybridized carbons (Fsp3) is 0.167. The molecule has 1 amide bonds. The van der Waals surface area contributed by atoms with Gasteiger partial charge in [0.15, 0.2) is 0 Å². The highest BCUT2D eigenvalue weighted by atomic mass is 79.9. The zero-order valence-electron chi connectivity index (χ0n) is 13.1. The second-order valence-electron chi connectivity index (χ2n) is 4.84. The van der Waals surface area contributed by atoms with Crippen LogP contribution in [-0.4, -0.2) is 13.0 Å². The number of nitrogens with one attached hydrogen (secondary N) is 2. The van der Waals surface area contributed by atoms with E-state index in [2.05, 4.69) is 26.8 Å². The number of carbonyl (C=O) groups excluding carboxylic acids is 1. The van der Waals surface area contributed by atoms with E-state index in [1.54, 1.807) is 19.2 Å². The Morgan fingerprint density at radius 2 is 1.65 bits per heavy atom. The van der Waals surface area contributed by atoms with Crippen LogP contribution in [0.1, 0.15) is 29.3 Å². The number of allylic oxidation sites excluding steroid dienone is 1. The van der Waals surface area contributed by atoms with Gasteiger partial charge in [-0.3, -0.25) is 15.6 Å². The van der Waals surface area contributed by atoms with Crippen molar-refractivity contribution in [2.75, 3.05) is 7.11 Å². The molecule has 5 heteroatoms. The van der Waals surface area contributed by atoms with Gasteiger partial charge in [0.1, 0.15) is 5.75 Å². The molecule has 23 heavy (non-hydrogen) atoms. The predicted octanol–water partition coefficient (Wildman–Crippen LogP) is 4.14. The summed E-state index contributed by atoms with van der Waals surface area (Å²) in [6.07, 6.45) is 2.87. The minimum absolute atomic E-state index is 0.187. The standard InChI is InChI=1S/C18H19BrN2O2/c1-3-4-17(13-7-11-16(23-2)12-8-13)20-21-18(22)14-5-9-15(19)10-6-14/h4-12,20H,3H2,1-2H3,(H,21,22). The van der Waals surface area contributed by atoms with Gasteiger partial charge < -0.3 is 4.74 Å². The molecule has 2 rings (SSSR count). The molecule has 0 fully saturated rings. The van der Waals surface area contributed by atoms with Crippen LogP contribution in [0.3, 0.4) is 0 Å². The number of rotatable bonds is 6. The molecule has 2 aromatic carbocycles. The molecule has 0 aliphatic rings. The Labute approximate surface area is 144 Å². The molecule has 0 radical (unpaired) electrons. The van der Waals surface area contributed by atoms with Gasteiger partial charge in [0.2, 0.25) is 0 Å². The van der Waals surface area contributed by atoms with Gasteiger partial charge in [-0.15, -0.1) is 0 Å². The Morgan fingerprint density at radius 1 is 1.04 bits per heavy atom. The van der Waals surface area contributed by atoms with Crippen molar-refractivity contribution in [3.05, 3.63) is 70.2 Å². The van der Waals surface area contributed by atoms with E-state index in [0.717, 1.165) is 27.9 Å². The summed E-state index contributed by atoms with van der Waals surface area (Å²) in [7, 11) is 1.63. The molecule has 0 spiro atoms. The van der Waals surface area contributed by atoms with Gasteiger partial charge in [0, 0.05) is 10.0 Å². The minimum Gasteiger partial charge on any atom is -0.497 e. The average Bonchev–Trinajstić information content (AvgIpc) is 2.59. The van der Waals surface area contributed by atoms with Gasteiger partial charge in [-0.1, -0.05) is 28.9 Å². The average molecular weight is 375 g/mol. The summed E-state index contributed by atoms with van der Waals surface area (Å²) >= 11 is 3.35. The molecule has 0 saturated carbocycles. The lowest BCUT2D eigenvalue weighted by atomic mass is 10.1. The molecule has 0 aromatic heterocycles. The van der Waals surface area contributed by atoms with Crippen molar-refractivity contribution >= 4 is 27.5 Å². The monoisotopic (exact) mass is 374 g/mol. The molecule has 0 saturated heterocycles. The lowest BCUT2D eigenvalue weighted by molar-refractivity contribution is 0.0942. The number of benzene rings is 2. The molecule has 2 N–H and O–H groups in total. The van der Waals surface area contributed by atoms with Crippen LogP contribution in [0.15, 0.2) is 59.1 Å². The Morgan fingerprint density at radius 3 is 2.22 bits per heavy atom. The molecule has 0 unspecified atom stereocenters. The normalized spacial score (nSPS) is 11.0. The number of amides is 1. The van der Waals surface area contributed by atoms with Gasteiger partial charge >= 0.3 is 0 Å². The Balaban J connectivity index is 2.06. The summed E-state index contributed by atoms with van der Waals surface area (Å²) < 4.78 is 6.10. The highest BCUT2D eigenvalue weighted by molar-refractivity contribution is 9.10. The van der Waals surface area contributed by atoms with Crippen molar-refractivity contribution in [3.8, 4) is 5.75 Å². The van der Waals surface area contributed by atoms with Crippen LogP contribution >= 0.6 is 15.9 Å². The lowest BCUT2D eigenvalue weighted by Gasteiger charge is -2.13. The lowest BCUT2D eigenvalue weighted by Crippen LogP contribution is -2.36. The predicted molar refractivity (Wildman–Crippen MR) is 96.0 cm³/mol. The smallest absolute Gasteiger partial charge is 0.269 e. The van der Waals surface area contributed by atoms with Crippen LogP contribution in [0.25, 0.3) is 5.70 Å². The molecule has 0 bridgehead atoms. The van der Waals surface area contributed by atoms with Gasteiger partial charge in [-0.25, -0.2) is 0 Å². The fourth-order valence-electron chi connectivity index (χ4n) is 2.01. The summed E-state index contributed by atoms with van der Waals surface area (Å²) in [5, 5.41) is 0. The molecule has 2 aromatic rings. The quantitative estimate of drug-likeness (QED) is 0.746. The number of halogens is 1. The van der Waals surface area contributed by atoms with Gasteiger partial charge in [0.25, 0.3) is 5.91 Å². The van der Waals surface area contributed by atoms with Crippen LogP contribution in [0.2, 0.25) is 0 Å². The van der Waals surface area contributed by atoms with E-state index >= 15 is 0 Å². The van der Waals surface area contributed by atoms with Crippen molar-refractivity contribution in [3.63, 3.8) is 0 Å². The van der Waals surface area contributed by atoms with Crippen molar-refractivity contribution in [2.45, 2.75) is 13.3 Å². The summed E-state index contributed by atoms with van der Waals surface area (Å²) in [4.78, 5) is 12.2. The zero-order valence-corrected chi connectivity index (χ0v) is 14.7. The first-order valence-corrected chi connectivity index (χ1v) is 8.10. The highest BCUT2D eigenvalue weighted by Crippen LogP contribution is 2.17. The molecule has 120 valence electrons. The van der Waals surface area contributed by atoms with E-state index in [-0.39, 0.29) is 5.91 Å². The summed E-state index contributed by atoms with van der Waals surface area (Å²) in [5.74, 6) is 0.608. The third-order valence-corrected chi connectivity index (χ3v) is 3.76.